The van der Waals surface area contributed by atoms with Gasteiger partial charge in [-0.05, 0) is 38.6 Å². The van der Waals surface area contributed by atoms with E-state index in [9.17, 15) is 4.57 Å². The van der Waals surface area contributed by atoms with E-state index in [4.69, 9.17) is 11.6 Å². The summed E-state index contributed by atoms with van der Waals surface area (Å²) in [7, 11) is 1.73. The van der Waals surface area contributed by atoms with Gasteiger partial charge in [-0.25, -0.2) is 10.1 Å². The van der Waals surface area contributed by atoms with Gasteiger partial charge in [0.2, 0.25) is 0 Å². The molecule has 0 aliphatic carbocycles. The Balaban J connectivity index is 2.92. The Hall–Kier alpha value is -0.480. The lowest BCUT2D eigenvalue weighted by Crippen LogP contribution is -2.24. The number of benzene rings is 1. The van der Waals surface area contributed by atoms with Crippen LogP contribution in [-0.2, 0) is 4.57 Å². The van der Waals surface area contributed by atoms with Crippen LogP contribution in [0.3, 0.4) is 0 Å². The summed E-state index contributed by atoms with van der Waals surface area (Å²) in [6, 6.07) is 7.28. The first-order valence-corrected chi connectivity index (χ1v) is 10.5. The molecule has 1 rings (SSSR count). The molecular weight excluding hydrogens is 325 g/mol. The average Bonchev–Trinajstić information content (AvgIpc) is 2.47. The van der Waals surface area contributed by atoms with Crippen LogP contribution in [0.5, 0.6) is 0 Å². The smallest absolute Gasteiger partial charge is 0.293 e. The molecule has 0 aliphatic heterocycles. The maximum absolute atomic E-state index is 13.0. The first-order chi connectivity index (χ1) is 9.95. The van der Waals surface area contributed by atoms with E-state index in [0.29, 0.717) is 16.8 Å². The van der Waals surface area contributed by atoms with Crippen molar-refractivity contribution in [2.45, 2.75) is 32.4 Å². The summed E-state index contributed by atoms with van der Waals surface area (Å²) < 4.78 is 14.8. The highest BCUT2D eigenvalue weighted by atomic mass is 35.5. The van der Waals surface area contributed by atoms with Crippen LogP contribution in [0.1, 0.15) is 27.2 Å². The van der Waals surface area contributed by atoms with E-state index in [1.165, 1.54) is 11.4 Å². The van der Waals surface area contributed by atoms with Gasteiger partial charge in [0.1, 0.15) is 0 Å². The zero-order valence-electron chi connectivity index (χ0n) is 12.9. The lowest BCUT2D eigenvalue weighted by Gasteiger charge is -2.29. The van der Waals surface area contributed by atoms with Crippen molar-refractivity contribution in [1.82, 2.24) is 9.76 Å². The van der Waals surface area contributed by atoms with Crippen LogP contribution in [0.4, 0.5) is 5.69 Å². The molecule has 0 aliphatic rings. The molecule has 0 saturated carbocycles. The fourth-order valence-electron chi connectivity index (χ4n) is 1.59. The first kappa shape index (κ1) is 18.6. The number of rotatable bonds is 8. The molecule has 0 saturated heterocycles. The third-order valence-corrected chi connectivity index (χ3v) is 8.95. The van der Waals surface area contributed by atoms with Crippen LogP contribution in [-0.4, -0.2) is 29.9 Å². The van der Waals surface area contributed by atoms with Gasteiger partial charge < -0.3 is 0 Å². The molecule has 0 spiro atoms. The topological polar surface area (TPSA) is 44.7 Å². The zero-order valence-corrected chi connectivity index (χ0v) is 15.4. The fourth-order valence-corrected chi connectivity index (χ4v) is 6.51. The van der Waals surface area contributed by atoms with Crippen molar-refractivity contribution in [3.8, 4) is 0 Å². The normalized spacial score (nSPS) is 15.9. The van der Waals surface area contributed by atoms with E-state index in [1.807, 2.05) is 19.1 Å². The van der Waals surface area contributed by atoms with Gasteiger partial charge in [-0.2, -0.15) is 0 Å². The molecule has 0 radical (unpaired) electrons. The Kier molecular flexibility index (Phi) is 7.82. The highest BCUT2D eigenvalue weighted by Gasteiger charge is 2.28. The number of aliphatic imine (C=N–C) groups is 1. The highest BCUT2D eigenvalue weighted by Crippen LogP contribution is 2.59. The molecular formula is C14H23ClN3OPS. The molecule has 4 nitrogen and oxygen atoms in total. The molecule has 118 valence electrons. The van der Waals surface area contributed by atoms with E-state index >= 15 is 0 Å². The monoisotopic (exact) mass is 347 g/mol. The molecule has 1 aromatic carbocycles. The molecule has 2 atom stereocenters. The van der Waals surface area contributed by atoms with Gasteiger partial charge in [0, 0.05) is 16.8 Å². The summed E-state index contributed by atoms with van der Waals surface area (Å²) >= 11 is 7.41. The molecule has 2 unspecified atom stereocenters. The summed E-state index contributed by atoms with van der Waals surface area (Å²) in [6.07, 6.45) is 2.61. The van der Waals surface area contributed by atoms with Crippen LogP contribution in [0.25, 0.3) is 0 Å². The van der Waals surface area contributed by atoms with Crippen molar-refractivity contribution in [2.75, 3.05) is 13.6 Å². The van der Waals surface area contributed by atoms with E-state index in [-0.39, 0.29) is 0 Å². The SMILES string of the molecule is CCC(C)SP(=O)(NC)N(C=Nc1cccc(Cl)c1)CC. The predicted octanol–water partition coefficient (Wildman–Crippen LogP) is 5.18. The Labute approximate surface area is 136 Å². The van der Waals surface area contributed by atoms with E-state index in [0.717, 1.165) is 12.1 Å². The third kappa shape index (κ3) is 5.67. The molecule has 7 heteroatoms. The van der Waals surface area contributed by atoms with E-state index in [2.05, 4.69) is 23.9 Å². The van der Waals surface area contributed by atoms with Gasteiger partial charge in [0.05, 0.1) is 12.0 Å². The van der Waals surface area contributed by atoms with E-state index in [1.54, 1.807) is 30.2 Å². The van der Waals surface area contributed by atoms with Crippen molar-refractivity contribution in [2.24, 2.45) is 4.99 Å². The van der Waals surface area contributed by atoms with Crippen LogP contribution in [0, 0.1) is 0 Å². The van der Waals surface area contributed by atoms with Gasteiger partial charge in [-0.15, -0.1) is 0 Å². The quantitative estimate of drug-likeness (QED) is 0.399. The first-order valence-electron chi connectivity index (χ1n) is 6.99. The van der Waals surface area contributed by atoms with Crippen molar-refractivity contribution < 1.29 is 4.57 Å². The Bertz CT molecular complexity index is 527. The van der Waals surface area contributed by atoms with Gasteiger partial charge in [0.15, 0.2) is 0 Å². The second kappa shape index (κ2) is 8.84. The minimum Gasteiger partial charge on any atom is -0.294 e. The summed E-state index contributed by atoms with van der Waals surface area (Å²) in [4.78, 5) is 4.38. The lowest BCUT2D eigenvalue weighted by atomic mass is 10.3. The minimum atomic E-state index is -2.71. The Morgan fingerprint density at radius 2 is 2.24 bits per heavy atom. The molecule has 1 N–H and O–H groups in total. The molecule has 0 amide bonds. The molecule has 0 heterocycles. The maximum Gasteiger partial charge on any atom is 0.293 e. The summed E-state index contributed by atoms with van der Waals surface area (Å²) in [5.41, 5.74) is 0.747. The fraction of sp³-hybridized carbons (Fsp3) is 0.500. The second-order valence-corrected chi connectivity index (χ2v) is 10.1. The third-order valence-electron chi connectivity index (χ3n) is 2.99. The maximum atomic E-state index is 13.0. The van der Waals surface area contributed by atoms with Crippen molar-refractivity contribution in [3.63, 3.8) is 0 Å². The summed E-state index contributed by atoms with van der Waals surface area (Å²) in [5.74, 6) is 0. The molecule has 0 aromatic heterocycles. The van der Waals surface area contributed by atoms with Gasteiger partial charge in [-0.3, -0.25) is 9.24 Å². The zero-order chi connectivity index (χ0) is 15.9. The average molecular weight is 348 g/mol. The Morgan fingerprint density at radius 1 is 1.52 bits per heavy atom. The largest absolute Gasteiger partial charge is 0.294 e. The summed E-state index contributed by atoms with van der Waals surface area (Å²) in [6.45, 7) is 4.04. The summed E-state index contributed by atoms with van der Waals surface area (Å²) in [5, 5.41) is 3.92. The van der Waals surface area contributed by atoms with Gasteiger partial charge in [0.25, 0.3) is 6.65 Å². The van der Waals surface area contributed by atoms with E-state index < -0.39 is 6.65 Å². The molecule has 0 bridgehead atoms. The number of nitrogens with one attached hydrogen (secondary N) is 1. The van der Waals surface area contributed by atoms with Crippen molar-refractivity contribution in [1.29, 1.82) is 0 Å². The number of nitrogens with zero attached hydrogens (tertiary/aromatic N) is 2. The number of hydrogen-bond donors (Lipinski definition) is 1. The lowest BCUT2D eigenvalue weighted by molar-refractivity contribution is 0.535. The van der Waals surface area contributed by atoms with Crippen LogP contribution < -0.4 is 5.09 Å². The molecule has 0 fully saturated rings. The molecule has 21 heavy (non-hydrogen) atoms. The van der Waals surface area contributed by atoms with Crippen LogP contribution in [0.15, 0.2) is 29.3 Å². The van der Waals surface area contributed by atoms with Gasteiger partial charge in [-0.1, -0.05) is 42.9 Å². The van der Waals surface area contributed by atoms with Crippen molar-refractivity contribution >= 4 is 41.7 Å². The Morgan fingerprint density at radius 3 is 2.76 bits per heavy atom. The number of hydrogen-bond acceptors (Lipinski definition) is 3. The van der Waals surface area contributed by atoms with Gasteiger partial charge >= 0.3 is 0 Å². The highest BCUT2D eigenvalue weighted by molar-refractivity contribution is 8.57. The minimum absolute atomic E-state index is 0.317. The van der Waals surface area contributed by atoms with Crippen LogP contribution >= 0.6 is 29.6 Å². The number of halogens is 1. The van der Waals surface area contributed by atoms with Crippen molar-refractivity contribution in [3.05, 3.63) is 29.3 Å². The second-order valence-electron chi connectivity index (χ2n) is 4.55. The molecule has 1 aromatic rings. The predicted molar refractivity (Wildman–Crippen MR) is 96.0 cm³/mol. The van der Waals surface area contributed by atoms with Crippen LogP contribution in [0.2, 0.25) is 5.02 Å². The standard InChI is InChI=1S/C14H23ClN3OPS/c1-5-12(3)21-20(19,16-4)18(6-2)11-17-14-9-7-8-13(15)10-14/h7-12H,5-6H2,1-4H3,(H,16,19).